The molecule has 1 aromatic rings. The van der Waals surface area contributed by atoms with Crippen LogP contribution in [0.1, 0.15) is 44.0 Å². The average molecular weight is 290 g/mol. The van der Waals surface area contributed by atoms with E-state index in [1.807, 2.05) is 38.1 Å². The Morgan fingerprint density at radius 3 is 2.67 bits per heavy atom. The molecule has 1 heterocycles. The topological polar surface area (TPSA) is 50.4 Å². The van der Waals surface area contributed by atoms with Crippen LogP contribution in [0.25, 0.3) is 0 Å². The highest BCUT2D eigenvalue weighted by atomic mass is 16.5. The Bertz CT molecular complexity index is 468. The van der Waals surface area contributed by atoms with E-state index in [-0.39, 0.29) is 18.1 Å². The van der Waals surface area contributed by atoms with Gasteiger partial charge in [-0.1, -0.05) is 6.07 Å². The van der Waals surface area contributed by atoms with Crippen LogP contribution in [0.2, 0.25) is 0 Å². The Morgan fingerprint density at radius 2 is 2.00 bits per heavy atom. The Morgan fingerprint density at radius 1 is 1.29 bits per heavy atom. The summed E-state index contributed by atoms with van der Waals surface area (Å²) in [4.78, 5) is 12.4. The predicted molar refractivity (Wildman–Crippen MR) is 84.7 cm³/mol. The first kappa shape index (κ1) is 15.8. The Hall–Kier alpha value is -1.55. The monoisotopic (exact) mass is 290 g/mol. The third-order valence-corrected chi connectivity index (χ3v) is 3.92. The number of hydrogen-bond acceptors (Lipinski definition) is 3. The number of hydrogen-bond donors (Lipinski definition) is 2. The number of rotatable bonds is 5. The van der Waals surface area contributed by atoms with Crippen molar-refractivity contribution < 1.29 is 9.53 Å². The summed E-state index contributed by atoms with van der Waals surface area (Å²) in [6.45, 7) is 8.14. The van der Waals surface area contributed by atoms with Crippen molar-refractivity contribution in [2.45, 2.75) is 45.8 Å². The average Bonchev–Trinajstić information content (AvgIpc) is 2.47. The molecule has 21 heavy (non-hydrogen) atoms. The Kier molecular flexibility index (Phi) is 5.62. The molecule has 2 N–H and O–H groups in total. The van der Waals surface area contributed by atoms with Crippen molar-refractivity contribution in [3.05, 3.63) is 29.8 Å². The van der Waals surface area contributed by atoms with E-state index < -0.39 is 0 Å². The van der Waals surface area contributed by atoms with Gasteiger partial charge >= 0.3 is 0 Å². The second kappa shape index (κ2) is 7.46. The molecule has 1 aliphatic heterocycles. The molecule has 4 heteroatoms. The van der Waals surface area contributed by atoms with Crippen LogP contribution in [0.4, 0.5) is 0 Å². The summed E-state index contributed by atoms with van der Waals surface area (Å²) in [5.41, 5.74) is 0.661. The minimum atomic E-state index is -0.0183. The van der Waals surface area contributed by atoms with Crippen LogP contribution in [0, 0.1) is 5.92 Å². The van der Waals surface area contributed by atoms with Gasteiger partial charge in [-0.05, 0) is 70.8 Å². The Labute approximate surface area is 127 Å². The van der Waals surface area contributed by atoms with Crippen LogP contribution in [-0.2, 0) is 0 Å². The van der Waals surface area contributed by atoms with Gasteiger partial charge in [0.15, 0.2) is 0 Å². The summed E-state index contributed by atoms with van der Waals surface area (Å²) < 4.78 is 5.64. The molecule has 1 aromatic carbocycles. The Balaban J connectivity index is 1.95. The summed E-state index contributed by atoms with van der Waals surface area (Å²) in [5.74, 6) is 1.28. The van der Waals surface area contributed by atoms with Gasteiger partial charge in [0.2, 0.25) is 0 Å². The van der Waals surface area contributed by atoms with E-state index >= 15 is 0 Å². The number of amides is 1. The summed E-state index contributed by atoms with van der Waals surface area (Å²) in [6, 6.07) is 7.59. The van der Waals surface area contributed by atoms with Gasteiger partial charge in [0.25, 0.3) is 5.91 Å². The highest BCUT2D eigenvalue weighted by Gasteiger charge is 2.21. The van der Waals surface area contributed by atoms with Gasteiger partial charge in [-0.2, -0.15) is 0 Å². The molecule has 0 aromatic heterocycles. The maximum atomic E-state index is 12.4. The van der Waals surface area contributed by atoms with Crippen molar-refractivity contribution in [1.29, 1.82) is 0 Å². The molecule has 0 saturated carbocycles. The zero-order chi connectivity index (χ0) is 15.2. The standard InChI is InChI=1S/C17H26N2O2/c1-12(2)21-16-6-4-5-15(11-16)17(20)19-13(3)14-7-9-18-10-8-14/h4-6,11-14,18H,7-10H2,1-3H3,(H,19,20). The number of carbonyl (C=O) groups excluding carboxylic acids is 1. The molecule has 1 unspecified atom stereocenters. The normalized spacial score (nSPS) is 17.5. The van der Waals surface area contributed by atoms with Crippen LogP contribution in [0.5, 0.6) is 5.75 Å². The quantitative estimate of drug-likeness (QED) is 0.876. The maximum absolute atomic E-state index is 12.4. The first-order chi connectivity index (χ1) is 10.1. The molecular weight excluding hydrogens is 264 g/mol. The van der Waals surface area contributed by atoms with Crippen molar-refractivity contribution in [3.8, 4) is 5.75 Å². The fraction of sp³-hybridized carbons (Fsp3) is 0.588. The lowest BCUT2D eigenvalue weighted by molar-refractivity contribution is 0.0920. The van der Waals surface area contributed by atoms with Gasteiger partial charge in [-0.3, -0.25) is 4.79 Å². The van der Waals surface area contributed by atoms with Gasteiger partial charge < -0.3 is 15.4 Å². The lowest BCUT2D eigenvalue weighted by Crippen LogP contribution is -2.42. The number of piperidine rings is 1. The van der Waals surface area contributed by atoms with E-state index in [2.05, 4.69) is 17.6 Å². The molecule has 1 aliphatic rings. The van der Waals surface area contributed by atoms with Gasteiger partial charge in [-0.15, -0.1) is 0 Å². The number of nitrogens with one attached hydrogen (secondary N) is 2. The lowest BCUT2D eigenvalue weighted by atomic mass is 9.91. The second-order valence-corrected chi connectivity index (χ2v) is 6.04. The lowest BCUT2D eigenvalue weighted by Gasteiger charge is -2.28. The van der Waals surface area contributed by atoms with Gasteiger partial charge in [0, 0.05) is 11.6 Å². The molecule has 1 saturated heterocycles. The summed E-state index contributed by atoms with van der Waals surface area (Å²) in [5, 5.41) is 6.48. The molecule has 0 bridgehead atoms. The number of benzene rings is 1. The van der Waals surface area contributed by atoms with Crippen molar-refractivity contribution >= 4 is 5.91 Å². The zero-order valence-electron chi connectivity index (χ0n) is 13.2. The first-order valence-corrected chi connectivity index (χ1v) is 7.84. The third kappa shape index (κ3) is 4.74. The minimum Gasteiger partial charge on any atom is -0.491 e. The van der Waals surface area contributed by atoms with Crippen LogP contribution in [0.3, 0.4) is 0 Å². The molecule has 116 valence electrons. The number of carbonyl (C=O) groups is 1. The second-order valence-electron chi connectivity index (χ2n) is 6.04. The van der Waals surface area contributed by atoms with Crippen molar-refractivity contribution in [2.24, 2.45) is 5.92 Å². The highest BCUT2D eigenvalue weighted by molar-refractivity contribution is 5.94. The molecule has 0 radical (unpaired) electrons. The van der Waals surface area contributed by atoms with Crippen LogP contribution >= 0.6 is 0 Å². The maximum Gasteiger partial charge on any atom is 0.251 e. The van der Waals surface area contributed by atoms with E-state index in [1.165, 1.54) is 0 Å². The zero-order valence-corrected chi connectivity index (χ0v) is 13.2. The van der Waals surface area contributed by atoms with Gasteiger partial charge in [0.05, 0.1) is 6.10 Å². The van der Waals surface area contributed by atoms with Crippen LogP contribution < -0.4 is 15.4 Å². The summed E-state index contributed by atoms with van der Waals surface area (Å²) in [6.07, 6.45) is 2.35. The molecule has 4 nitrogen and oxygen atoms in total. The van der Waals surface area contributed by atoms with Crippen molar-refractivity contribution in [1.82, 2.24) is 10.6 Å². The van der Waals surface area contributed by atoms with Crippen molar-refractivity contribution in [3.63, 3.8) is 0 Å². The molecule has 1 amide bonds. The van der Waals surface area contributed by atoms with E-state index in [0.717, 1.165) is 31.7 Å². The summed E-state index contributed by atoms with van der Waals surface area (Å²) >= 11 is 0. The van der Waals surface area contributed by atoms with Crippen LogP contribution in [-0.4, -0.2) is 31.1 Å². The summed E-state index contributed by atoms with van der Waals surface area (Å²) in [7, 11) is 0. The molecule has 0 aliphatic carbocycles. The fourth-order valence-corrected chi connectivity index (χ4v) is 2.74. The fourth-order valence-electron chi connectivity index (χ4n) is 2.74. The minimum absolute atomic E-state index is 0.0183. The molecule has 0 spiro atoms. The van der Waals surface area contributed by atoms with Crippen molar-refractivity contribution in [2.75, 3.05) is 13.1 Å². The molecule has 2 rings (SSSR count). The van der Waals surface area contributed by atoms with E-state index in [4.69, 9.17) is 4.74 Å². The molecule has 1 fully saturated rings. The molecular formula is C17H26N2O2. The van der Waals surface area contributed by atoms with E-state index in [9.17, 15) is 4.79 Å². The predicted octanol–water partition coefficient (Wildman–Crippen LogP) is 2.59. The SMILES string of the molecule is CC(C)Oc1cccc(C(=O)NC(C)C2CCNCC2)c1. The molecule has 1 atom stereocenters. The van der Waals surface area contributed by atoms with Gasteiger partial charge in [-0.25, -0.2) is 0 Å². The third-order valence-electron chi connectivity index (χ3n) is 3.92. The first-order valence-electron chi connectivity index (χ1n) is 7.84. The van der Waals surface area contributed by atoms with Crippen LogP contribution in [0.15, 0.2) is 24.3 Å². The van der Waals surface area contributed by atoms with Gasteiger partial charge in [0.1, 0.15) is 5.75 Å². The largest absolute Gasteiger partial charge is 0.491 e. The smallest absolute Gasteiger partial charge is 0.251 e. The highest BCUT2D eigenvalue weighted by Crippen LogP contribution is 2.18. The van der Waals surface area contributed by atoms with E-state index in [0.29, 0.717) is 11.5 Å². The van der Waals surface area contributed by atoms with E-state index in [1.54, 1.807) is 0 Å². The number of ether oxygens (including phenoxy) is 1.